The molecule has 0 unspecified atom stereocenters. The van der Waals surface area contributed by atoms with Crippen molar-refractivity contribution < 1.29 is 32.0 Å². The van der Waals surface area contributed by atoms with E-state index in [2.05, 4.69) is 16.0 Å². The molecule has 238 valence electrons. The lowest BCUT2D eigenvalue weighted by atomic mass is 10.1. The van der Waals surface area contributed by atoms with Crippen LogP contribution < -0.4 is 16.0 Å². The minimum Gasteiger partial charge on any atom is -0.457 e. The monoisotopic (exact) mass is 655 g/mol. The summed E-state index contributed by atoms with van der Waals surface area (Å²) in [5.74, 6) is -0.884. The van der Waals surface area contributed by atoms with Gasteiger partial charge in [0.05, 0.1) is 17.0 Å². The molecular formula is C36H28F3N3O4S. The summed E-state index contributed by atoms with van der Waals surface area (Å²) in [5.41, 5.74) is 1.43. The number of para-hydroxylation sites is 1. The molecular weight excluding hydrogens is 627 g/mol. The van der Waals surface area contributed by atoms with Gasteiger partial charge in [0.1, 0.15) is 17.2 Å². The van der Waals surface area contributed by atoms with E-state index in [4.69, 9.17) is 4.42 Å². The van der Waals surface area contributed by atoms with E-state index in [1.165, 1.54) is 24.3 Å². The molecule has 3 amide bonds. The second-order valence-electron chi connectivity index (χ2n) is 10.3. The van der Waals surface area contributed by atoms with Crippen LogP contribution in [0.2, 0.25) is 0 Å². The van der Waals surface area contributed by atoms with Crippen molar-refractivity contribution in [3.8, 4) is 11.3 Å². The maximum Gasteiger partial charge on any atom is 0.418 e. The van der Waals surface area contributed by atoms with Gasteiger partial charge in [-0.1, -0.05) is 60.2 Å². The van der Waals surface area contributed by atoms with Gasteiger partial charge in [0.25, 0.3) is 11.8 Å². The number of alkyl halides is 3. The molecule has 0 aliphatic heterocycles. The molecule has 0 saturated carbocycles. The van der Waals surface area contributed by atoms with Crippen LogP contribution in [0.3, 0.4) is 0 Å². The second kappa shape index (κ2) is 14.7. The van der Waals surface area contributed by atoms with Crippen LogP contribution in [0.4, 0.5) is 24.5 Å². The lowest BCUT2D eigenvalue weighted by Gasteiger charge is -2.13. The van der Waals surface area contributed by atoms with E-state index in [1.54, 1.807) is 66.7 Å². The average molecular weight is 656 g/mol. The smallest absolute Gasteiger partial charge is 0.418 e. The molecule has 7 nitrogen and oxygen atoms in total. The zero-order valence-corrected chi connectivity index (χ0v) is 25.7. The average Bonchev–Trinajstić information content (AvgIpc) is 3.53. The van der Waals surface area contributed by atoms with Crippen LogP contribution in [-0.4, -0.2) is 23.5 Å². The number of hydrogen-bond acceptors (Lipinski definition) is 5. The summed E-state index contributed by atoms with van der Waals surface area (Å²) in [4.78, 5) is 39.4. The van der Waals surface area contributed by atoms with Crippen molar-refractivity contribution in [1.82, 2.24) is 5.32 Å². The van der Waals surface area contributed by atoms with Crippen LogP contribution in [0.1, 0.15) is 27.2 Å². The molecule has 0 bridgehead atoms. The van der Waals surface area contributed by atoms with Crippen molar-refractivity contribution in [2.24, 2.45) is 0 Å². The van der Waals surface area contributed by atoms with E-state index in [1.807, 2.05) is 31.2 Å². The number of halogens is 3. The SMILES string of the molecule is Cc1ccc(-c2ccc(/C=C(/NC(=O)c3ccccc3)C(=O)Nc3ccc(SCC(=O)Nc4ccccc4C(F)(F)F)cc3)o2)cc1. The molecule has 0 radical (unpaired) electrons. The number of carbonyl (C=O) groups excluding carboxylic acids is 3. The third kappa shape index (κ3) is 9.01. The summed E-state index contributed by atoms with van der Waals surface area (Å²) >= 11 is 1.12. The molecule has 47 heavy (non-hydrogen) atoms. The predicted octanol–water partition coefficient (Wildman–Crippen LogP) is 8.41. The number of benzene rings is 4. The van der Waals surface area contributed by atoms with E-state index in [0.29, 0.717) is 27.7 Å². The zero-order chi connectivity index (χ0) is 33.4. The maximum absolute atomic E-state index is 13.4. The lowest BCUT2D eigenvalue weighted by molar-refractivity contribution is -0.137. The maximum atomic E-state index is 13.4. The number of carbonyl (C=O) groups is 3. The first-order chi connectivity index (χ1) is 22.5. The number of anilines is 2. The largest absolute Gasteiger partial charge is 0.457 e. The van der Waals surface area contributed by atoms with E-state index in [0.717, 1.165) is 29.0 Å². The number of amides is 3. The van der Waals surface area contributed by atoms with E-state index >= 15 is 0 Å². The predicted molar refractivity (Wildman–Crippen MR) is 177 cm³/mol. The molecule has 4 aromatic carbocycles. The minimum absolute atomic E-state index is 0.0575. The van der Waals surface area contributed by atoms with Crippen LogP contribution in [0.15, 0.2) is 130 Å². The summed E-state index contributed by atoms with van der Waals surface area (Å²) < 4.78 is 45.7. The Balaban J connectivity index is 1.26. The van der Waals surface area contributed by atoms with E-state index in [9.17, 15) is 27.6 Å². The lowest BCUT2D eigenvalue weighted by Crippen LogP contribution is -2.30. The van der Waals surface area contributed by atoms with Gasteiger partial charge in [-0.2, -0.15) is 13.2 Å². The third-order valence-corrected chi connectivity index (χ3v) is 7.78. The van der Waals surface area contributed by atoms with Gasteiger partial charge in [-0.25, -0.2) is 0 Å². The number of rotatable bonds is 10. The highest BCUT2D eigenvalue weighted by molar-refractivity contribution is 8.00. The normalized spacial score (nSPS) is 11.5. The molecule has 0 spiro atoms. The fourth-order valence-corrected chi connectivity index (χ4v) is 5.09. The molecule has 0 saturated heterocycles. The highest BCUT2D eigenvalue weighted by atomic mass is 32.2. The van der Waals surface area contributed by atoms with Crippen molar-refractivity contribution in [2.75, 3.05) is 16.4 Å². The molecule has 5 aromatic rings. The summed E-state index contributed by atoms with van der Waals surface area (Å²) in [6.45, 7) is 1.98. The number of nitrogens with one attached hydrogen (secondary N) is 3. The molecule has 0 atom stereocenters. The van der Waals surface area contributed by atoms with E-state index in [-0.39, 0.29) is 17.1 Å². The van der Waals surface area contributed by atoms with Gasteiger partial charge in [0.2, 0.25) is 5.91 Å². The Bertz CT molecular complexity index is 1900. The van der Waals surface area contributed by atoms with Crippen molar-refractivity contribution in [1.29, 1.82) is 0 Å². The molecule has 0 aliphatic rings. The van der Waals surface area contributed by atoms with E-state index < -0.39 is 29.5 Å². The van der Waals surface area contributed by atoms with Crippen molar-refractivity contribution in [2.45, 2.75) is 18.0 Å². The summed E-state index contributed by atoms with van der Waals surface area (Å²) in [7, 11) is 0. The first-order valence-corrected chi connectivity index (χ1v) is 15.3. The minimum atomic E-state index is -4.60. The second-order valence-corrected chi connectivity index (χ2v) is 11.4. The van der Waals surface area contributed by atoms with Gasteiger partial charge < -0.3 is 20.4 Å². The van der Waals surface area contributed by atoms with Crippen LogP contribution >= 0.6 is 11.8 Å². The Labute approximate surface area is 272 Å². The van der Waals surface area contributed by atoms with Crippen LogP contribution in [-0.2, 0) is 15.8 Å². The first kappa shape index (κ1) is 32.8. The van der Waals surface area contributed by atoms with Gasteiger partial charge in [-0.3, -0.25) is 14.4 Å². The zero-order valence-electron chi connectivity index (χ0n) is 24.9. The Morgan fingerprint density at radius 3 is 2.17 bits per heavy atom. The molecule has 5 rings (SSSR count). The van der Waals surface area contributed by atoms with Crippen LogP contribution in [0.25, 0.3) is 17.4 Å². The number of aryl methyl sites for hydroxylation is 1. The Hall–Kier alpha value is -5.55. The molecule has 11 heteroatoms. The summed E-state index contributed by atoms with van der Waals surface area (Å²) in [6, 6.07) is 31.0. The topological polar surface area (TPSA) is 100 Å². The molecule has 3 N–H and O–H groups in total. The molecule has 1 aromatic heterocycles. The first-order valence-electron chi connectivity index (χ1n) is 14.3. The highest BCUT2D eigenvalue weighted by Crippen LogP contribution is 2.34. The highest BCUT2D eigenvalue weighted by Gasteiger charge is 2.33. The Morgan fingerprint density at radius 2 is 1.47 bits per heavy atom. The van der Waals surface area contributed by atoms with Crippen LogP contribution in [0.5, 0.6) is 0 Å². The molecule has 0 fully saturated rings. The van der Waals surface area contributed by atoms with Crippen molar-refractivity contribution >= 4 is 46.9 Å². The number of thioether (sulfide) groups is 1. The fourth-order valence-electron chi connectivity index (χ4n) is 4.40. The molecule has 1 heterocycles. The van der Waals surface area contributed by atoms with Crippen molar-refractivity contribution in [3.63, 3.8) is 0 Å². The van der Waals surface area contributed by atoms with Gasteiger partial charge in [-0.05, 0) is 67.6 Å². The number of hydrogen-bond donors (Lipinski definition) is 3. The third-order valence-electron chi connectivity index (χ3n) is 6.77. The van der Waals surface area contributed by atoms with Gasteiger partial charge in [0.15, 0.2) is 0 Å². The summed E-state index contributed by atoms with van der Waals surface area (Å²) in [5, 5.41) is 7.73. The van der Waals surface area contributed by atoms with Crippen molar-refractivity contribution in [3.05, 3.63) is 143 Å². The van der Waals surface area contributed by atoms with Gasteiger partial charge in [-0.15, -0.1) is 11.8 Å². The quantitative estimate of drug-likeness (QED) is 0.104. The van der Waals surface area contributed by atoms with Gasteiger partial charge in [0, 0.05) is 27.8 Å². The Kier molecular flexibility index (Phi) is 10.3. The number of furan rings is 1. The van der Waals surface area contributed by atoms with Gasteiger partial charge >= 0.3 is 6.18 Å². The fraction of sp³-hybridized carbons (Fsp3) is 0.0833. The Morgan fingerprint density at radius 1 is 0.787 bits per heavy atom. The van der Waals surface area contributed by atoms with Crippen LogP contribution in [0, 0.1) is 6.92 Å². The standard InChI is InChI=1S/C36H28F3N3O4S/c1-23-11-13-24(14-12-23)32-20-17-27(46-32)21-31(42-34(44)25-7-3-2-4-8-25)35(45)40-26-15-18-28(19-16-26)47-22-33(43)41-30-10-6-5-9-29(30)36(37,38)39/h2-21H,22H2,1H3,(H,40,45)(H,41,43)(H,42,44)/b31-21+. The summed E-state index contributed by atoms with van der Waals surface area (Å²) in [6.07, 6.45) is -3.16. The molecule has 0 aliphatic carbocycles.